The summed E-state index contributed by atoms with van der Waals surface area (Å²) in [5.41, 5.74) is 5.98. The van der Waals surface area contributed by atoms with Gasteiger partial charge < -0.3 is 42.4 Å². The third-order valence-electron chi connectivity index (χ3n) is 5.92. The molecule has 0 fully saturated rings. The van der Waals surface area contributed by atoms with Crippen LogP contribution < -0.4 is 37.6 Å². The molecule has 1 aliphatic rings. The summed E-state index contributed by atoms with van der Waals surface area (Å²) >= 11 is 0. The number of carbonyl (C=O) groups excluding carboxylic acids is 9. The van der Waals surface area contributed by atoms with Crippen molar-refractivity contribution in [3.8, 4) is 0 Å². The van der Waals surface area contributed by atoms with Crippen LogP contribution in [0.2, 0.25) is 0 Å². The third kappa shape index (κ3) is 12.9. The minimum atomic E-state index is -1.08. The Morgan fingerprint density at radius 2 is 1.24 bits per heavy atom. The lowest BCUT2D eigenvalue weighted by Gasteiger charge is -2.16. The van der Waals surface area contributed by atoms with E-state index in [0.29, 0.717) is 11.3 Å². The number of nitrogens with two attached hydrogens (primary N) is 1. The lowest BCUT2D eigenvalue weighted by molar-refractivity contribution is -0.137. The van der Waals surface area contributed by atoms with E-state index >= 15 is 0 Å². The van der Waals surface area contributed by atoms with Gasteiger partial charge in [0.2, 0.25) is 35.4 Å². The fourth-order valence-electron chi connectivity index (χ4n) is 3.50. The molecule has 0 saturated heterocycles. The fourth-order valence-corrected chi connectivity index (χ4v) is 3.50. The van der Waals surface area contributed by atoms with Gasteiger partial charge in [-0.15, -0.1) is 0 Å². The van der Waals surface area contributed by atoms with Gasteiger partial charge in [0.05, 0.1) is 19.6 Å². The van der Waals surface area contributed by atoms with Gasteiger partial charge in [0.15, 0.2) is 0 Å². The van der Waals surface area contributed by atoms with Crippen molar-refractivity contribution in [2.45, 2.75) is 39.0 Å². The highest BCUT2D eigenvalue weighted by molar-refractivity contribution is 6.13. The monoisotopic (exact) mass is 630 g/mol. The number of anilines is 1. The molecular formula is C27H34N8O10. The largest absolute Gasteiger partial charge is 0.445 e. The molecule has 9 amide bonds. The highest BCUT2D eigenvalue weighted by Crippen LogP contribution is 2.11. The van der Waals surface area contributed by atoms with Crippen LogP contribution in [0.4, 0.5) is 10.5 Å². The Morgan fingerprint density at radius 1 is 0.733 bits per heavy atom. The van der Waals surface area contributed by atoms with Gasteiger partial charge in [-0.1, -0.05) is 12.1 Å². The number of amides is 9. The first-order valence-electron chi connectivity index (χ1n) is 13.5. The molecule has 0 aromatic heterocycles. The predicted octanol–water partition coefficient (Wildman–Crippen LogP) is -3.11. The molecule has 18 nitrogen and oxygen atoms in total. The van der Waals surface area contributed by atoms with Crippen LogP contribution in [0.25, 0.3) is 0 Å². The number of ether oxygens (including phenoxy) is 1. The molecule has 0 spiro atoms. The standard InChI is InChI=1S/C27H34N8O10/c1-15(32-21(38)12-30-20(37)11-29-19(36)9-10-35-23(40)7-8-24(35)41)25(42)31-13-22(39)33-16(2)26(43)34-18-5-3-17(4-6-18)14-45-27(28)44/h3-8,15-16H,9-14H2,1-2H3,(H2,28,44)(H,29,36)(H,30,37)(H,31,42)(H,32,38)(H,33,39)(H,34,43). The van der Waals surface area contributed by atoms with E-state index < -0.39 is 85.1 Å². The van der Waals surface area contributed by atoms with Crippen LogP contribution in [0.15, 0.2) is 36.4 Å². The van der Waals surface area contributed by atoms with Gasteiger partial charge in [0.25, 0.3) is 11.8 Å². The van der Waals surface area contributed by atoms with Crippen LogP contribution in [0, 0.1) is 0 Å². The summed E-state index contributed by atoms with van der Waals surface area (Å²) in [5, 5.41) is 14.2. The van der Waals surface area contributed by atoms with E-state index in [1.54, 1.807) is 24.3 Å². The van der Waals surface area contributed by atoms with Gasteiger partial charge in [-0.2, -0.15) is 0 Å². The Labute approximate surface area is 256 Å². The van der Waals surface area contributed by atoms with E-state index in [1.165, 1.54) is 13.8 Å². The summed E-state index contributed by atoms with van der Waals surface area (Å²) in [6.45, 7) is 1.14. The minimum Gasteiger partial charge on any atom is -0.445 e. The van der Waals surface area contributed by atoms with Gasteiger partial charge in [-0.25, -0.2) is 4.79 Å². The zero-order chi connectivity index (χ0) is 33.5. The number of hydrogen-bond donors (Lipinski definition) is 7. The van der Waals surface area contributed by atoms with Crippen LogP contribution in [0.1, 0.15) is 25.8 Å². The van der Waals surface area contributed by atoms with Crippen molar-refractivity contribution in [3.05, 3.63) is 42.0 Å². The molecule has 1 aromatic carbocycles. The van der Waals surface area contributed by atoms with E-state index in [9.17, 15) is 43.2 Å². The Balaban J connectivity index is 1.61. The molecular weight excluding hydrogens is 596 g/mol. The molecule has 45 heavy (non-hydrogen) atoms. The van der Waals surface area contributed by atoms with Crippen LogP contribution in [-0.2, 0) is 49.7 Å². The summed E-state index contributed by atoms with van der Waals surface area (Å²) in [6, 6.07) is 4.31. The van der Waals surface area contributed by atoms with Gasteiger partial charge in [0, 0.05) is 30.8 Å². The predicted molar refractivity (Wildman–Crippen MR) is 154 cm³/mol. The van der Waals surface area contributed by atoms with E-state index in [-0.39, 0.29) is 19.6 Å². The van der Waals surface area contributed by atoms with Crippen LogP contribution in [-0.4, -0.2) is 96.5 Å². The molecule has 242 valence electrons. The van der Waals surface area contributed by atoms with Crippen molar-refractivity contribution in [2.24, 2.45) is 5.73 Å². The second-order valence-electron chi connectivity index (χ2n) is 9.55. The molecule has 1 aromatic rings. The fraction of sp³-hybridized carbons (Fsp3) is 0.370. The van der Waals surface area contributed by atoms with Crippen molar-refractivity contribution < 1.29 is 47.9 Å². The van der Waals surface area contributed by atoms with Crippen LogP contribution in [0.3, 0.4) is 0 Å². The number of benzene rings is 1. The number of imide groups is 1. The summed E-state index contributed by atoms with van der Waals surface area (Å²) in [5.74, 6) is -5.00. The number of carbonyl (C=O) groups is 9. The second kappa shape index (κ2) is 17.3. The smallest absolute Gasteiger partial charge is 0.404 e. The normalized spacial score (nSPS) is 13.2. The lowest BCUT2D eigenvalue weighted by Crippen LogP contribution is -2.51. The molecule has 0 bridgehead atoms. The Kier molecular flexibility index (Phi) is 13.6. The third-order valence-corrected chi connectivity index (χ3v) is 5.92. The van der Waals surface area contributed by atoms with E-state index in [0.717, 1.165) is 17.1 Å². The average molecular weight is 631 g/mol. The lowest BCUT2D eigenvalue weighted by atomic mass is 10.2. The molecule has 2 atom stereocenters. The zero-order valence-corrected chi connectivity index (χ0v) is 24.5. The Morgan fingerprint density at radius 3 is 1.82 bits per heavy atom. The summed E-state index contributed by atoms with van der Waals surface area (Å²) in [7, 11) is 0. The van der Waals surface area contributed by atoms with E-state index in [2.05, 4.69) is 36.6 Å². The highest BCUT2D eigenvalue weighted by atomic mass is 16.5. The first-order chi connectivity index (χ1) is 21.2. The Bertz CT molecular complexity index is 1340. The SMILES string of the molecule is CC(NC(=O)CNC(=O)CNC(=O)CCN1C(=O)C=CC1=O)C(=O)NCC(=O)NC(C)C(=O)Nc1ccc(COC(N)=O)cc1. The molecule has 2 rings (SSSR count). The summed E-state index contributed by atoms with van der Waals surface area (Å²) in [6.07, 6.45) is 1.04. The van der Waals surface area contributed by atoms with Gasteiger partial charge >= 0.3 is 6.09 Å². The minimum absolute atomic E-state index is 0.0302. The maximum Gasteiger partial charge on any atom is 0.404 e. The van der Waals surface area contributed by atoms with Gasteiger partial charge in [0.1, 0.15) is 18.7 Å². The molecule has 2 unspecified atom stereocenters. The van der Waals surface area contributed by atoms with E-state index in [1.807, 2.05) is 0 Å². The first-order valence-corrected chi connectivity index (χ1v) is 13.5. The van der Waals surface area contributed by atoms with Crippen molar-refractivity contribution in [2.75, 3.05) is 31.5 Å². The molecule has 8 N–H and O–H groups in total. The Hall–Kier alpha value is -5.81. The molecule has 1 aliphatic heterocycles. The maximum atomic E-state index is 12.4. The zero-order valence-electron chi connectivity index (χ0n) is 24.5. The van der Waals surface area contributed by atoms with Gasteiger partial charge in [-0.05, 0) is 31.5 Å². The van der Waals surface area contributed by atoms with E-state index in [4.69, 9.17) is 5.73 Å². The van der Waals surface area contributed by atoms with Crippen molar-refractivity contribution in [3.63, 3.8) is 0 Å². The number of hydrogen-bond acceptors (Lipinski definition) is 10. The molecule has 1 heterocycles. The number of nitrogens with zero attached hydrogens (tertiary/aromatic N) is 1. The maximum absolute atomic E-state index is 12.4. The van der Waals surface area contributed by atoms with Crippen LogP contribution in [0.5, 0.6) is 0 Å². The number of primary amides is 1. The molecule has 0 saturated carbocycles. The summed E-state index contributed by atoms with van der Waals surface area (Å²) in [4.78, 5) is 107. The quantitative estimate of drug-likeness (QED) is 0.0904. The summed E-state index contributed by atoms with van der Waals surface area (Å²) < 4.78 is 4.67. The van der Waals surface area contributed by atoms with Crippen molar-refractivity contribution in [1.29, 1.82) is 0 Å². The average Bonchev–Trinajstić information content (AvgIpc) is 3.32. The highest BCUT2D eigenvalue weighted by Gasteiger charge is 2.24. The number of nitrogens with one attached hydrogen (secondary N) is 6. The van der Waals surface area contributed by atoms with Gasteiger partial charge in [-0.3, -0.25) is 43.3 Å². The molecule has 18 heteroatoms. The molecule has 0 radical (unpaired) electrons. The molecule has 0 aliphatic carbocycles. The van der Waals surface area contributed by atoms with Crippen molar-refractivity contribution >= 4 is 59.0 Å². The topological polar surface area (TPSA) is 264 Å². The second-order valence-corrected chi connectivity index (χ2v) is 9.55. The first kappa shape index (κ1) is 35.4. The van der Waals surface area contributed by atoms with Crippen molar-refractivity contribution in [1.82, 2.24) is 31.5 Å². The van der Waals surface area contributed by atoms with Crippen LogP contribution >= 0.6 is 0 Å². The number of rotatable bonds is 16.